The molecule has 3 heterocycles. The molecule has 2 aromatic carbocycles. The second-order valence-corrected chi connectivity index (χ2v) is 7.69. The summed E-state index contributed by atoms with van der Waals surface area (Å²) in [4.78, 5) is 17.0. The maximum absolute atomic E-state index is 13.0. The predicted octanol–water partition coefficient (Wildman–Crippen LogP) is 2.85. The Hall–Kier alpha value is -4.01. The van der Waals surface area contributed by atoms with Gasteiger partial charge >= 0.3 is 0 Å². The van der Waals surface area contributed by atoms with Crippen molar-refractivity contribution in [3.8, 4) is 34.3 Å². The standard InChI is InChI=1S/C24H24N4O5/c1-30-17-4-5-18(21(14-17)31-2)24(29)28-11-9-27(10-12-28)23-8-6-19(25-26-23)16-3-7-20-22(13-16)33-15-32-20/h3-8,13-14H,9-12,15H2,1-2H3. The Morgan fingerprint density at radius 3 is 2.42 bits per heavy atom. The zero-order chi connectivity index (χ0) is 22.8. The van der Waals surface area contributed by atoms with Crippen molar-refractivity contribution in [2.24, 2.45) is 0 Å². The third-order valence-electron chi connectivity index (χ3n) is 5.85. The summed E-state index contributed by atoms with van der Waals surface area (Å²) in [6, 6.07) is 14.9. The molecule has 0 aliphatic carbocycles. The predicted molar refractivity (Wildman–Crippen MR) is 121 cm³/mol. The van der Waals surface area contributed by atoms with Crippen LogP contribution >= 0.6 is 0 Å². The molecule has 1 fully saturated rings. The Labute approximate surface area is 191 Å². The lowest BCUT2D eigenvalue weighted by Crippen LogP contribution is -2.49. The molecule has 1 aromatic heterocycles. The number of nitrogens with zero attached hydrogens (tertiary/aromatic N) is 4. The fraction of sp³-hybridized carbons (Fsp3) is 0.292. The van der Waals surface area contributed by atoms with E-state index in [-0.39, 0.29) is 12.7 Å². The number of hydrogen-bond donors (Lipinski definition) is 0. The lowest BCUT2D eigenvalue weighted by molar-refractivity contribution is 0.0743. The van der Waals surface area contributed by atoms with Crippen LogP contribution in [0, 0.1) is 0 Å². The number of aromatic nitrogens is 2. The van der Waals surface area contributed by atoms with Crippen molar-refractivity contribution in [3.63, 3.8) is 0 Å². The van der Waals surface area contributed by atoms with Crippen LogP contribution in [0.2, 0.25) is 0 Å². The molecule has 33 heavy (non-hydrogen) atoms. The largest absolute Gasteiger partial charge is 0.497 e. The highest BCUT2D eigenvalue weighted by Gasteiger charge is 2.25. The van der Waals surface area contributed by atoms with Gasteiger partial charge in [0.25, 0.3) is 5.91 Å². The zero-order valence-electron chi connectivity index (χ0n) is 18.5. The quantitative estimate of drug-likeness (QED) is 0.589. The summed E-state index contributed by atoms with van der Waals surface area (Å²) in [6.45, 7) is 2.74. The molecular formula is C24H24N4O5. The second kappa shape index (κ2) is 8.85. The maximum Gasteiger partial charge on any atom is 0.257 e. The van der Waals surface area contributed by atoms with Gasteiger partial charge in [-0.25, -0.2) is 0 Å². The first-order valence-corrected chi connectivity index (χ1v) is 10.7. The van der Waals surface area contributed by atoms with E-state index in [1.807, 2.05) is 35.2 Å². The molecule has 3 aromatic rings. The fourth-order valence-corrected chi connectivity index (χ4v) is 3.99. The Morgan fingerprint density at radius 2 is 1.70 bits per heavy atom. The molecule has 2 aliphatic rings. The number of methoxy groups -OCH3 is 2. The van der Waals surface area contributed by atoms with Crippen molar-refractivity contribution < 1.29 is 23.7 Å². The third-order valence-corrected chi connectivity index (χ3v) is 5.85. The number of fused-ring (bicyclic) bond motifs is 1. The first kappa shape index (κ1) is 20.9. The monoisotopic (exact) mass is 448 g/mol. The lowest BCUT2D eigenvalue weighted by Gasteiger charge is -2.35. The molecule has 5 rings (SSSR count). The normalized spacial score (nSPS) is 14.8. The summed E-state index contributed by atoms with van der Waals surface area (Å²) in [5, 5.41) is 8.81. The minimum Gasteiger partial charge on any atom is -0.497 e. The van der Waals surface area contributed by atoms with Crippen molar-refractivity contribution in [2.45, 2.75) is 0 Å². The van der Waals surface area contributed by atoms with Crippen LogP contribution in [-0.4, -0.2) is 68.2 Å². The third kappa shape index (κ3) is 4.09. The second-order valence-electron chi connectivity index (χ2n) is 7.69. The molecular weight excluding hydrogens is 424 g/mol. The van der Waals surface area contributed by atoms with Crippen LogP contribution in [0.3, 0.4) is 0 Å². The number of rotatable bonds is 5. The van der Waals surface area contributed by atoms with E-state index in [9.17, 15) is 4.79 Å². The van der Waals surface area contributed by atoms with Gasteiger partial charge in [0.05, 0.1) is 25.5 Å². The van der Waals surface area contributed by atoms with E-state index in [1.54, 1.807) is 32.4 Å². The molecule has 2 aliphatic heterocycles. The Bertz CT molecular complexity index is 1160. The summed E-state index contributed by atoms with van der Waals surface area (Å²) in [5.41, 5.74) is 2.21. The Kier molecular flexibility index (Phi) is 5.60. The van der Waals surface area contributed by atoms with Gasteiger partial charge in [-0.05, 0) is 42.5 Å². The summed E-state index contributed by atoms with van der Waals surface area (Å²) in [6.07, 6.45) is 0. The van der Waals surface area contributed by atoms with Gasteiger partial charge in [0.2, 0.25) is 6.79 Å². The lowest BCUT2D eigenvalue weighted by atomic mass is 10.1. The van der Waals surface area contributed by atoms with Crippen LogP contribution < -0.4 is 23.8 Å². The number of amides is 1. The SMILES string of the molecule is COc1ccc(C(=O)N2CCN(c3ccc(-c4ccc5c(c4)OCO5)nn3)CC2)c(OC)c1. The molecule has 9 heteroatoms. The molecule has 170 valence electrons. The number of carbonyl (C=O) groups excluding carboxylic acids is 1. The minimum atomic E-state index is -0.0570. The summed E-state index contributed by atoms with van der Waals surface area (Å²) in [5.74, 6) is 3.34. The zero-order valence-corrected chi connectivity index (χ0v) is 18.5. The van der Waals surface area contributed by atoms with Gasteiger partial charge in [-0.15, -0.1) is 10.2 Å². The summed E-state index contributed by atoms with van der Waals surface area (Å²) < 4.78 is 21.4. The topological polar surface area (TPSA) is 86.3 Å². The highest BCUT2D eigenvalue weighted by molar-refractivity contribution is 5.97. The van der Waals surface area contributed by atoms with Crippen LogP contribution in [0.15, 0.2) is 48.5 Å². The van der Waals surface area contributed by atoms with Crippen molar-refractivity contribution in [1.82, 2.24) is 15.1 Å². The summed E-state index contributed by atoms with van der Waals surface area (Å²) in [7, 11) is 3.13. The smallest absolute Gasteiger partial charge is 0.257 e. The van der Waals surface area contributed by atoms with Gasteiger partial charge in [0.1, 0.15) is 11.5 Å². The van der Waals surface area contributed by atoms with E-state index in [2.05, 4.69) is 15.1 Å². The van der Waals surface area contributed by atoms with Gasteiger partial charge in [-0.2, -0.15) is 0 Å². The van der Waals surface area contributed by atoms with E-state index >= 15 is 0 Å². The molecule has 0 bridgehead atoms. The van der Waals surface area contributed by atoms with E-state index in [0.717, 1.165) is 22.8 Å². The van der Waals surface area contributed by atoms with E-state index < -0.39 is 0 Å². The van der Waals surface area contributed by atoms with Crippen molar-refractivity contribution in [2.75, 3.05) is 52.1 Å². The van der Waals surface area contributed by atoms with Crippen LogP contribution in [0.1, 0.15) is 10.4 Å². The van der Waals surface area contributed by atoms with Crippen molar-refractivity contribution in [1.29, 1.82) is 0 Å². The first-order valence-electron chi connectivity index (χ1n) is 10.7. The molecule has 9 nitrogen and oxygen atoms in total. The first-order chi connectivity index (χ1) is 16.2. The highest BCUT2D eigenvalue weighted by Crippen LogP contribution is 2.35. The average Bonchev–Trinajstić information content (AvgIpc) is 3.36. The van der Waals surface area contributed by atoms with E-state index in [1.165, 1.54) is 0 Å². The molecule has 0 unspecified atom stereocenters. The van der Waals surface area contributed by atoms with Crippen molar-refractivity contribution >= 4 is 11.7 Å². The molecule has 0 atom stereocenters. The number of ether oxygens (including phenoxy) is 4. The Balaban J connectivity index is 1.23. The van der Waals surface area contributed by atoms with Crippen molar-refractivity contribution in [3.05, 3.63) is 54.1 Å². The van der Waals surface area contributed by atoms with Gasteiger partial charge in [-0.3, -0.25) is 4.79 Å². The maximum atomic E-state index is 13.0. The van der Waals surface area contributed by atoms with Gasteiger partial charge in [-0.1, -0.05) is 0 Å². The Morgan fingerprint density at radius 1 is 0.879 bits per heavy atom. The highest BCUT2D eigenvalue weighted by atomic mass is 16.7. The molecule has 0 N–H and O–H groups in total. The number of carbonyl (C=O) groups is 1. The van der Waals surface area contributed by atoms with Crippen LogP contribution in [0.5, 0.6) is 23.0 Å². The number of hydrogen-bond acceptors (Lipinski definition) is 8. The van der Waals surface area contributed by atoms with Gasteiger partial charge in [0, 0.05) is 37.8 Å². The number of anilines is 1. The van der Waals surface area contributed by atoms with Crippen LogP contribution in [0.4, 0.5) is 5.82 Å². The molecule has 0 radical (unpaired) electrons. The van der Waals surface area contributed by atoms with Crippen LogP contribution in [-0.2, 0) is 0 Å². The van der Waals surface area contributed by atoms with E-state index in [4.69, 9.17) is 18.9 Å². The molecule has 0 spiro atoms. The average molecular weight is 448 g/mol. The van der Waals surface area contributed by atoms with Gasteiger partial charge in [0.15, 0.2) is 17.3 Å². The number of piperazine rings is 1. The summed E-state index contributed by atoms with van der Waals surface area (Å²) >= 11 is 0. The number of benzene rings is 2. The fourth-order valence-electron chi connectivity index (χ4n) is 3.99. The minimum absolute atomic E-state index is 0.0570. The molecule has 1 amide bonds. The van der Waals surface area contributed by atoms with E-state index in [0.29, 0.717) is 49.0 Å². The van der Waals surface area contributed by atoms with Crippen LogP contribution in [0.25, 0.3) is 11.3 Å². The molecule has 0 saturated carbocycles. The van der Waals surface area contributed by atoms with Gasteiger partial charge < -0.3 is 28.7 Å². The molecule has 1 saturated heterocycles.